The topological polar surface area (TPSA) is 77.1 Å². The molecule has 0 saturated heterocycles. The Balaban J connectivity index is 1.96. The van der Waals surface area contributed by atoms with Crippen molar-refractivity contribution in [1.82, 2.24) is 10.2 Å². The fraction of sp³-hybridized carbons (Fsp3) is 0.333. The van der Waals surface area contributed by atoms with Crippen LogP contribution in [-0.2, 0) is 22.6 Å². The largest absolute Gasteiger partial charge is 0.496 e. The van der Waals surface area contributed by atoms with Crippen molar-refractivity contribution < 1.29 is 23.8 Å². The van der Waals surface area contributed by atoms with E-state index in [4.69, 9.17) is 37.4 Å². The number of hydrogen-bond acceptors (Lipinski definition) is 5. The number of carbonyl (C=O) groups is 2. The zero-order valence-electron chi connectivity index (χ0n) is 22.6. The van der Waals surface area contributed by atoms with Crippen LogP contribution >= 0.6 is 23.2 Å². The molecule has 0 aliphatic rings. The third-order valence-electron chi connectivity index (χ3n) is 6.32. The van der Waals surface area contributed by atoms with Gasteiger partial charge >= 0.3 is 0 Å². The quantitative estimate of drug-likeness (QED) is 0.274. The van der Waals surface area contributed by atoms with Crippen LogP contribution in [0.1, 0.15) is 31.4 Å². The van der Waals surface area contributed by atoms with Crippen molar-refractivity contribution in [2.24, 2.45) is 0 Å². The molecule has 7 nitrogen and oxygen atoms in total. The lowest BCUT2D eigenvalue weighted by Crippen LogP contribution is -2.53. The molecule has 0 saturated carbocycles. The van der Waals surface area contributed by atoms with Crippen molar-refractivity contribution in [2.45, 2.75) is 45.3 Å². The minimum Gasteiger partial charge on any atom is -0.496 e. The SMILES string of the molecule is CC[C@H](C)NC(=O)[C@H](Cc1ccccc1)N(Cc1ccc(Cl)cc1Cl)C(=O)COc1cc(OC)cc(OC)c1. The number of nitrogens with one attached hydrogen (secondary N) is 1. The molecular weight excluding hydrogens is 539 g/mol. The predicted molar refractivity (Wildman–Crippen MR) is 154 cm³/mol. The van der Waals surface area contributed by atoms with E-state index >= 15 is 0 Å². The zero-order chi connectivity index (χ0) is 28.4. The van der Waals surface area contributed by atoms with Crippen LogP contribution in [0, 0.1) is 0 Å². The van der Waals surface area contributed by atoms with Gasteiger partial charge in [-0.2, -0.15) is 0 Å². The summed E-state index contributed by atoms with van der Waals surface area (Å²) in [5, 5.41) is 3.92. The highest BCUT2D eigenvalue weighted by atomic mass is 35.5. The van der Waals surface area contributed by atoms with Crippen LogP contribution < -0.4 is 19.5 Å². The molecule has 0 aromatic heterocycles. The standard InChI is InChI=1S/C30H34Cl2N2O5/c1-5-20(2)33-30(36)28(13-21-9-7-6-8-10-21)34(18-22-11-12-23(31)14-27(22)32)29(35)19-39-26-16-24(37-3)15-25(17-26)38-4/h6-12,14-17,20,28H,5,13,18-19H2,1-4H3,(H,33,36)/t20-,28-/m0/s1. The lowest BCUT2D eigenvalue weighted by atomic mass is 10.0. The van der Waals surface area contributed by atoms with E-state index in [9.17, 15) is 9.59 Å². The first kappa shape index (κ1) is 30.1. The third kappa shape index (κ3) is 8.80. The van der Waals surface area contributed by atoms with Gasteiger partial charge in [0.1, 0.15) is 23.3 Å². The summed E-state index contributed by atoms with van der Waals surface area (Å²) < 4.78 is 16.5. The Kier molecular flexibility index (Phi) is 11.3. The molecule has 0 aliphatic carbocycles. The molecule has 1 N–H and O–H groups in total. The molecule has 0 fully saturated rings. The first-order valence-corrected chi connectivity index (χ1v) is 13.4. The monoisotopic (exact) mass is 572 g/mol. The molecule has 0 heterocycles. The zero-order valence-corrected chi connectivity index (χ0v) is 24.1. The number of halogens is 2. The van der Waals surface area contributed by atoms with Gasteiger partial charge in [0.15, 0.2) is 6.61 Å². The van der Waals surface area contributed by atoms with Gasteiger partial charge in [0.25, 0.3) is 5.91 Å². The summed E-state index contributed by atoms with van der Waals surface area (Å²) in [6, 6.07) is 18.8. The molecule has 0 radical (unpaired) electrons. The summed E-state index contributed by atoms with van der Waals surface area (Å²) in [6.07, 6.45) is 1.06. The maximum Gasteiger partial charge on any atom is 0.261 e. The van der Waals surface area contributed by atoms with Crippen LogP contribution in [-0.4, -0.2) is 49.6 Å². The summed E-state index contributed by atoms with van der Waals surface area (Å²) in [5.74, 6) is 0.804. The highest BCUT2D eigenvalue weighted by Crippen LogP contribution is 2.28. The van der Waals surface area contributed by atoms with Gasteiger partial charge in [0.05, 0.1) is 14.2 Å². The second-order valence-electron chi connectivity index (χ2n) is 9.12. The summed E-state index contributed by atoms with van der Waals surface area (Å²) in [5.41, 5.74) is 1.58. The average molecular weight is 574 g/mol. The van der Waals surface area contributed by atoms with Crippen LogP contribution in [0.5, 0.6) is 17.2 Å². The van der Waals surface area contributed by atoms with Crippen LogP contribution in [0.15, 0.2) is 66.7 Å². The molecule has 0 aliphatic heterocycles. The normalized spacial score (nSPS) is 12.3. The Morgan fingerprint density at radius 1 is 0.923 bits per heavy atom. The van der Waals surface area contributed by atoms with E-state index in [0.717, 1.165) is 12.0 Å². The highest BCUT2D eigenvalue weighted by Gasteiger charge is 2.31. The van der Waals surface area contributed by atoms with Crippen molar-refractivity contribution in [3.8, 4) is 17.2 Å². The van der Waals surface area contributed by atoms with Gasteiger partial charge in [-0.05, 0) is 36.6 Å². The number of methoxy groups -OCH3 is 2. The van der Waals surface area contributed by atoms with E-state index in [0.29, 0.717) is 39.3 Å². The second kappa shape index (κ2) is 14.7. The van der Waals surface area contributed by atoms with Crippen LogP contribution in [0.4, 0.5) is 0 Å². The lowest BCUT2D eigenvalue weighted by molar-refractivity contribution is -0.143. The van der Waals surface area contributed by atoms with Gasteiger partial charge in [-0.3, -0.25) is 9.59 Å². The van der Waals surface area contributed by atoms with Gasteiger partial charge < -0.3 is 24.4 Å². The number of carbonyl (C=O) groups excluding carboxylic acids is 2. The molecule has 0 bridgehead atoms. The van der Waals surface area contributed by atoms with E-state index in [1.807, 2.05) is 44.2 Å². The molecule has 9 heteroatoms. The number of benzene rings is 3. The molecule has 2 amide bonds. The molecule has 3 aromatic rings. The summed E-state index contributed by atoms with van der Waals surface area (Å²) in [7, 11) is 3.07. The van der Waals surface area contributed by atoms with Gasteiger partial charge in [0, 0.05) is 47.3 Å². The lowest BCUT2D eigenvalue weighted by Gasteiger charge is -2.32. The Morgan fingerprint density at radius 2 is 1.56 bits per heavy atom. The van der Waals surface area contributed by atoms with Gasteiger partial charge in [-0.15, -0.1) is 0 Å². The molecule has 0 unspecified atom stereocenters. The summed E-state index contributed by atoms with van der Waals surface area (Å²) >= 11 is 12.6. The molecule has 2 atom stereocenters. The Labute approximate surface area is 240 Å². The highest BCUT2D eigenvalue weighted by molar-refractivity contribution is 6.35. The van der Waals surface area contributed by atoms with Crippen molar-refractivity contribution in [3.05, 3.63) is 87.9 Å². The fourth-order valence-corrected chi connectivity index (χ4v) is 4.39. The number of rotatable bonds is 13. The smallest absolute Gasteiger partial charge is 0.261 e. The van der Waals surface area contributed by atoms with E-state index < -0.39 is 6.04 Å². The number of amides is 2. The van der Waals surface area contributed by atoms with Crippen molar-refractivity contribution in [1.29, 1.82) is 0 Å². The Morgan fingerprint density at radius 3 is 2.15 bits per heavy atom. The fourth-order valence-electron chi connectivity index (χ4n) is 3.92. The second-order valence-corrected chi connectivity index (χ2v) is 9.96. The Bertz CT molecular complexity index is 1230. The number of ether oxygens (including phenoxy) is 3. The maximum absolute atomic E-state index is 13.8. The van der Waals surface area contributed by atoms with Crippen molar-refractivity contribution in [2.75, 3.05) is 20.8 Å². The van der Waals surface area contributed by atoms with Crippen molar-refractivity contribution >= 4 is 35.0 Å². The van der Waals surface area contributed by atoms with E-state index in [-0.39, 0.29) is 31.0 Å². The van der Waals surface area contributed by atoms with E-state index in [1.54, 1.807) is 36.4 Å². The first-order chi connectivity index (χ1) is 18.7. The van der Waals surface area contributed by atoms with Crippen LogP contribution in [0.3, 0.4) is 0 Å². The molecule has 208 valence electrons. The third-order valence-corrected chi connectivity index (χ3v) is 6.90. The molecule has 3 rings (SSSR count). The molecular formula is C30H34Cl2N2O5. The maximum atomic E-state index is 13.8. The van der Waals surface area contributed by atoms with Crippen molar-refractivity contribution in [3.63, 3.8) is 0 Å². The Hall–Kier alpha value is -3.42. The van der Waals surface area contributed by atoms with Crippen LogP contribution in [0.2, 0.25) is 10.0 Å². The van der Waals surface area contributed by atoms with E-state index in [2.05, 4.69) is 5.32 Å². The minimum absolute atomic E-state index is 0.0626. The molecule has 39 heavy (non-hydrogen) atoms. The number of nitrogens with zero attached hydrogens (tertiary/aromatic N) is 1. The first-order valence-electron chi connectivity index (χ1n) is 12.7. The van der Waals surface area contributed by atoms with E-state index in [1.165, 1.54) is 19.1 Å². The van der Waals surface area contributed by atoms with Gasteiger partial charge in [-0.1, -0.05) is 66.5 Å². The summed E-state index contributed by atoms with van der Waals surface area (Å²) in [4.78, 5) is 28.9. The summed E-state index contributed by atoms with van der Waals surface area (Å²) in [6.45, 7) is 3.69. The predicted octanol–water partition coefficient (Wildman–Crippen LogP) is 5.94. The van der Waals surface area contributed by atoms with Gasteiger partial charge in [0.2, 0.25) is 5.91 Å². The molecule has 0 spiro atoms. The van der Waals surface area contributed by atoms with Crippen LogP contribution in [0.25, 0.3) is 0 Å². The number of hydrogen-bond donors (Lipinski definition) is 1. The molecule has 3 aromatic carbocycles. The van der Waals surface area contributed by atoms with Gasteiger partial charge in [-0.25, -0.2) is 0 Å². The minimum atomic E-state index is -0.816. The average Bonchev–Trinajstić information content (AvgIpc) is 2.94.